The molecule has 0 atom stereocenters. The summed E-state index contributed by atoms with van der Waals surface area (Å²) in [5, 5.41) is 47.6. The first-order valence-corrected chi connectivity index (χ1v) is 6.55. The van der Waals surface area contributed by atoms with E-state index in [1.54, 1.807) is 0 Å². The van der Waals surface area contributed by atoms with Gasteiger partial charge in [-0.15, -0.1) is 0 Å². The van der Waals surface area contributed by atoms with Crippen LogP contribution in [0.4, 0.5) is 0 Å². The molecule has 0 aliphatic heterocycles. The summed E-state index contributed by atoms with van der Waals surface area (Å²) in [4.78, 5) is 15.3. The van der Waals surface area contributed by atoms with Crippen LogP contribution in [0, 0.1) is 0 Å². The largest absolute Gasteiger partial charge is 0.344 e. The maximum atomic E-state index is 9.33. The summed E-state index contributed by atoms with van der Waals surface area (Å²) < 4.78 is 9.33. The first-order chi connectivity index (χ1) is 7.12. The second-order valence-corrected chi connectivity index (χ2v) is 4.76. The van der Waals surface area contributed by atoms with E-state index >= 15 is 0 Å². The van der Waals surface area contributed by atoms with E-state index in [2.05, 4.69) is 0 Å². The molecule has 0 fully saturated rings. The van der Waals surface area contributed by atoms with Gasteiger partial charge in [0.25, 0.3) is 11.9 Å². The van der Waals surface area contributed by atoms with Gasteiger partial charge in [0.2, 0.25) is 0 Å². The lowest BCUT2D eigenvalue weighted by molar-refractivity contribution is -0.313. The fourth-order valence-corrected chi connectivity index (χ4v) is 0. The van der Waals surface area contributed by atoms with Crippen LogP contribution in [0.5, 0.6) is 0 Å². The number of rotatable bonds is 2. The number of hydrogen-bond donors (Lipinski definition) is 8. The highest BCUT2D eigenvalue weighted by Gasteiger charge is 2.12. The Labute approximate surface area is 98.8 Å². The van der Waals surface area contributed by atoms with Gasteiger partial charge in [-0.25, -0.2) is 0 Å². The summed E-state index contributed by atoms with van der Waals surface area (Å²) in [6.07, 6.45) is -0.125. The van der Waals surface area contributed by atoms with Gasteiger partial charge in [-0.3, -0.25) is 4.57 Å². The fourth-order valence-electron chi connectivity index (χ4n) is 0. The van der Waals surface area contributed by atoms with Gasteiger partial charge in [0.1, 0.15) is 0 Å². The Kier molecular flexibility index (Phi) is 11.6. The molecular weight excluding hydrogens is 259 g/mol. The molecule has 8 N–H and O–H groups in total. The monoisotopic (exact) mass is 280 g/mol. The van der Waals surface area contributed by atoms with Crippen LogP contribution in [0.15, 0.2) is 0 Å². The van der Waals surface area contributed by atoms with Crippen molar-refractivity contribution >= 4 is 7.60 Å². The van der Waals surface area contributed by atoms with E-state index in [4.69, 9.17) is 40.4 Å². The highest BCUT2D eigenvalue weighted by molar-refractivity contribution is 7.50. The molecule has 0 heterocycles. The molecule has 0 aliphatic carbocycles. The predicted molar refractivity (Wildman–Crippen MR) is 57.3 cm³/mol. The van der Waals surface area contributed by atoms with E-state index in [0.717, 1.165) is 6.66 Å². The second-order valence-electron chi connectivity index (χ2n) is 3.09. The second kappa shape index (κ2) is 8.92. The molecule has 108 valence electrons. The molecule has 0 aromatic heterocycles. The zero-order chi connectivity index (χ0) is 14.9. The first-order valence-electron chi connectivity index (χ1n) is 4.49. The van der Waals surface area contributed by atoms with E-state index in [0.29, 0.717) is 0 Å². The Balaban J connectivity index is -0.000000174. The molecule has 17 heavy (non-hydrogen) atoms. The van der Waals surface area contributed by atoms with Gasteiger partial charge in [-0.2, -0.15) is 0 Å². The molecule has 10 heteroatoms. The maximum absolute atomic E-state index is 9.33. The van der Waals surface area contributed by atoms with Crippen molar-refractivity contribution in [2.45, 2.75) is 38.6 Å². The van der Waals surface area contributed by atoms with E-state index in [-0.39, 0.29) is 12.8 Å². The third-order valence-corrected chi connectivity index (χ3v) is 0.949. The minimum Gasteiger partial charge on any atom is -0.344 e. The fraction of sp³-hybridized carbons (Fsp3) is 1.00. The Hall–Kier alpha value is -0.0900. The highest BCUT2D eigenvalue weighted by Crippen LogP contribution is 2.26. The number of aliphatic hydroxyl groups is 6. The van der Waals surface area contributed by atoms with Crippen LogP contribution >= 0.6 is 7.60 Å². The summed E-state index contributed by atoms with van der Waals surface area (Å²) in [6, 6.07) is 0. The minimum absolute atomic E-state index is 0.0625. The van der Waals surface area contributed by atoms with Crippen molar-refractivity contribution in [2.75, 3.05) is 6.66 Å². The summed E-state index contributed by atoms with van der Waals surface area (Å²) in [5.74, 6) is -4.92. The molecule has 0 aromatic rings. The SMILES string of the molecule is CCC(O)(O)O.CCC(O)(O)O.CP(=O)(O)O. The van der Waals surface area contributed by atoms with Crippen molar-refractivity contribution in [3.8, 4) is 0 Å². The quantitative estimate of drug-likeness (QED) is 0.207. The molecule has 0 bridgehead atoms. The molecule has 0 amide bonds. The number of hydrogen-bond acceptors (Lipinski definition) is 7. The van der Waals surface area contributed by atoms with Gasteiger partial charge in [0.05, 0.1) is 0 Å². The Morgan fingerprint density at radius 3 is 0.882 bits per heavy atom. The van der Waals surface area contributed by atoms with Crippen LogP contribution in [0.3, 0.4) is 0 Å². The lowest BCUT2D eigenvalue weighted by Crippen LogP contribution is -2.24. The Bertz CT molecular complexity index is 188. The van der Waals surface area contributed by atoms with Gasteiger partial charge in [-0.05, 0) is 0 Å². The van der Waals surface area contributed by atoms with Crippen molar-refractivity contribution in [3.05, 3.63) is 0 Å². The maximum Gasteiger partial charge on any atom is 0.322 e. The standard InChI is InChI=1S/2C3H8O3.CH5O3P/c2*1-2-3(4,5)6;1-5(2,3)4/h2*4-6H,2H2,1H3;1H3,(H2,2,3,4). The Morgan fingerprint density at radius 1 is 0.824 bits per heavy atom. The highest BCUT2D eigenvalue weighted by atomic mass is 31.2. The van der Waals surface area contributed by atoms with E-state index < -0.39 is 19.5 Å². The average molecular weight is 280 g/mol. The molecule has 0 radical (unpaired) electrons. The molecule has 0 aromatic carbocycles. The van der Waals surface area contributed by atoms with Gasteiger partial charge >= 0.3 is 7.60 Å². The minimum atomic E-state index is -3.64. The average Bonchev–Trinajstić information content (AvgIpc) is 2.00. The van der Waals surface area contributed by atoms with Gasteiger partial charge in [0.15, 0.2) is 0 Å². The van der Waals surface area contributed by atoms with E-state index in [1.807, 2.05) is 0 Å². The van der Waals surface area contributed by atoms with Crippen LogP contribution in [0.2, 0.25) is 0 Å². The zero-order valence-electron chi connectivity index (χ0n) is 9.85. The van der Waals surface area contributed by atoms with Crippen molar-refractivity contribution in [3.63, 3.8) is 0 Å². The summed E-state index contributed by atoms with van der Waals surface area (Å²) in [6.45, 7) is 3.77. The zero-order valence-corrected chi connectivity index (χ0v) is 10.7. The van der Waals surface area contributed by atoms with Crippen molar-refractivity contribution in [1.82, 2.24) is 0 Å². The molecule has 0 saturated carbocycles. The van der Waals surface area contributed by atoms with Crippen molar-refractivity contribution < 1.29 is 45.0 Å². The van der Waals surface area contributed by atoms with Gasteiger partial charge in [-0.1, -0.05) is 13.8 Å². The van der Waals surface area contributed by atoms with Crippen molar-refractivity contribution in [1.29, 1.82) is 0 Å². The molecule has 0 spiro atoms. The van der Waals surface area contributed by atoms with Crippen LogP contribution in [-0.4, -0.2) is 59.0 Å². The molecule has 0 aliphatic rings. The van der Waals surface area contributed by atoms with E-state index in [9.17, 15) is 4.57 Å². The normalized spacial score (nSPS) is 11.9. The lowest BCUT2D eigenvalue weighted by atomic mass is 10.4. The summed E-state index contributed by atoms with van der Waals surface area (Å²) >= 11 is 0. The molecule has 0 rings (SSSR count). The van der Waals surface area contributed by atoms with Crippen molar-refractivity contribution in [2.24, 2.45) is 0 Å². The van der Waals surface area contributed by atoms with Gasteiger partial charge in [0, 0.05) is 19.5 Å². The summed E-state index contributed by atoms with van der Waals surface area (Å²) in [5.41, 5.74) is 0. The van der Waals surface area contributed by atoms with Crippen LogP contribution in [-0.2, 0) is 4.57 Å². The topological polar surface area (TPSA) is 179 Å². The van der Waals surface area contributed by atoms with E-state index in [1.165, 1.54) is 13.8 Å². The molecule has 0 saturated heterocycles. The van der Waals surface area contributed by atoms with Gasteiger partial charge < -0.3 is 40.4 Å². The molecular formula is C7H21O9P. The smallest absolute Gasteiger partial charge is 0.322 e. The third kappa shape index (κ3) is 88.1. The predicted octanol–water partition coefficient (Wildman–Crippen LogP) is -2.15. The van der Waals surface area contributed by atoms with Crippen LogP contribution in [0.25, 0.3) is 0 Å². The third-order valence-electron chi connectivity index (χ3n) is 0.949. The Morgan fingerprint density at radius 2 is 0.882 bits per heavy atom. The van der Waals surface area contributed by atoms with Crippen LogP contribution in [0.1, 0.15) is 26.7 Å². The molecule has 0 unspecified atom stereocenters. The summed E-state index contributed by atoms with van der Waals surface area (Å²) in [7, 11) is -3.64. The lowest BCUT2D eigenvalue weighted by Gasteiger charge is -2.08. The first kappa shape index (κ1) is 22.1. The molecule has 9 nitrogen and oxygen atoms in total. The van der Waals surface area contributed by atoms with Crippen LogP contribution < -0.4 is 0 Å².